The molecule has 0 atom stereocenters. The molecule has 0 amide bonds. The third kappa shape index (κ3) is 5.02. The summed E-state index contributed by atoms with van der Waals surface area (Å²) < 4.78 is 11.2. The van der Waals surface area contributed by atoms with Crippen molar-refractivity contribution in [1.29, 1.82) is 0 Å². The molecular weight excluding hydrogens is 284 g/mol. The molecule has 5 heteroatoms. The van der Waals surface area contributed by atoms with Crippen LogP contribution in [-0.4, -0.2) is 17.6 Å². The number of hydrogen-bond acceptors (Lipinski definition) is 5. The van der Waals surface area contributed by atoms with Crippen molar-refractivity contribution < 1.29 is 9.47 Å². The smallest absolute Gasteiger partial charge is 0.131 e. The van der Waals surface area contributed by atoms with Crippen LogP contribution in [0, 0.1) is 0 Å². The summed E-state index contributed by atoms with van der Waals surface area (Å²) in [7, 11) is 1.66. The summed E-state index contributed by atoms with van der Waals surface area (Å²) in [6, 6.07) is 5.91. The van der Waals surface area contributed by atoms with E-state index in [-0.39, 0.29) is 5.54 Å². The second-order valence-electron chi connectivity index (χ2n) is 5.85. The van der Waals surface area contributed by atoms with Crippen molar-refractivity contribution in [3.05, 3.63) is 40.3 Å². The van der Waals surface area contributed by atoms with Crippen LogP contribution in [-0.2, 0) is 13.2 Å². The van der Waals surface area contributed by atoms with Crippen LogP contribution >= 0.6 is 11.3 Å². The molecule has 114 valence electrons. The second-order valence-corrected chi connectivity index (χ2v) is 6.56. The van der Waals surface area contributed by atoms with Gasteiger partial charge in [0.15, 0.2) is 0 Å². The lowest BCUT2D eigenvalue weighted by molar-refractivity contribution is 0.294. The van der Waals surface area contributed by atoms with Crippen LogP contribution in [0.4, 0.5) is 0 Å². The minimum absolute atomic E-state index is 0.0616. The van der Waals surface area contributed by atoms with Crippen LogP contribution < -0.4 is 14.8 Å². The average Bonchev–Trinajstić information content (AvgIpc) is 2.95. The molecule has 0 aliphatic carbocycles. The van der Waals surface area contributed by atoms with Gasteiger partial charge in [-0.15, -0.1) is 11.3 Å². The first-order valence-electron chi connectivity index (χ1n) is 6.90. The fourth-order valence-corrected chi connectivity index (χ4v) is 2.31. The van der Waals surface area contributed by atoms with Crippen LogP contribution in [0.5, 0.6) is 11.5 Å². The van der Waals surface area contributed by atoms with E-state index in [2.05, 4.69) is 31.1 Å². The van der Waals surface area contributed by atoms with Crippen LogP contribution in [0.2, 0.25) is 0 Å². The molecule has 0 saturated heterocycles. The summed E-state index contributed by atoms with van der Waals surface area (Å²) in [5.74, 6) is 1.63. The van der Waals surface area contributed by atoms with Gasteiger partial charge in [-0.25, -0.2) is 4.98 Å². The van der Waals surface area contributed by atoms with Crippen LogP contribution in [0.3, 0.4) is 0 Å². The number of aromatic nitrogens is 1. The number of methoxy groups -OCH3 is 1. The van der Waals surface area contributed by atoms with E-state index in [0.717, 1.165) is 29.3 Å². The van der Waals surface area contributed by atoms with E-state index in [0.29, 0.717) is 6.61 Å². The van der Waals surface area contributed by atoms with Crippen molar-refractivity contribution in [1.82, 2.24) is 10.3 Å². The van der Waals surface area contributed by atoms with Gasteiger partial charge in [0.25, 0.3) is 0 Å². The van der Waals surface area contributed by atoms with Gasteiger partial charge in [-0.3, -0.25) is 0 Å². The Morgan fingerprint density at radius 2 is 2.10 bits per heavy atom. The van der Waals surface area contributed by atoms with E-state index in [1.807, 2.05) is 29.1 Å². The molecule has 1 heterocycles. The summed E-state index contributed by atoms with van der Waals surface area (Å²) in [6.45, 7) is 7.66. The molecule has 2 rings (SSSR count). The molecule has 0 aliphatic heterocycles. The first-order valence-corrected chi connectivity index (χ1v) is 7.84. The highest BCUT2D eigenvalue weighted by atomic mass is 32.1. The van der Waals surface area contributed by atoms with Crippen LogP contribution in [0.1, 0.15) is 32.0 Å². The number of ether oxygens (including phenoxy) is 2. The molecule has 0 radical (unpaired) electrons. The molecule has 0 saturated carbocycles. The fraction of sp³-hybridized carbons (Fsp3) is 0.438. The molecule has 0 unspecified atom stereocenters. The first-order chi connectivity index (χ1) is 9.98. The number of rotatable bonds is 6. The molecule has 0 bridgehead atoms. The number of benzene rings is 1. The molecule has 1 N–H and O–H groups in total. The molecular formula is C16H22N2O2S. The highest BCUT2D eigenvalue weighted by Gasteiger charge is 2.12. The molecule has 1 aromatic carbocycles. The van der Waals surface area contributed by atoms with Crippen molar-refractivity contribution in [2.24, 2.45) is 0 Å². The molecule has 21 heavy (non-hydrogen) atoms. The van der Waals surface area contributed by atoms with Gasteiger partial charge in [0.05, 0.1) is 18.3 Å². The van der Waals surface area contributed by atoms with Crippen LogP contribution in [0.25, 0.3) is 0 Å². The lowest BCUT2D eigenvalue weighted by Crippen LogP contribution is -2.35. The summed E-state index contributed by atoms with van der Waals surface area (Å²) in [6.07, 6.45) is 0. The van der Waals surface area contributed by atoms with E-state index in [4.69, 9.17) is 9.47 Å². The lowest BCUT2D eigenvalue weighted by Gasteiger charge is -2.22. The van der Waals surface area contributed by atoms with E-state index in [1.165, 1.54) is 0 Å². The Hall–Kier alpha value is -1.59. The summed E-state index contributed by atoms with van der Waals surface area (Å²) >= 11 is 1.57. The predicted octanol–water partition coefficient (Wildman–Crippen LogP) is 3.62. The molecule has 4 nitrogen and oxygen atoms in total. The van der Waals surface area contributed by atoms with E-state index in [9.17, 15) is 0 Å². The maximum absolute atomic E-state index is 5.91. The quantitative estimate of drug-likeness (QED) is 0.885. The number of thiazole rings is 1. The monoisotopic (exact) mass is 306 g/mol. The first kappa shape index (κ1) is 15.8. The SMILES string of the molecule is COc1ccc(CNC(C)(C)C)c(OCc2cscn2)c1. The fourth-order valence-electron chi connectivity index (χ4n) is 1.76. The second kappa shape index (κ2) is 6.91. The summed E-state index contributed by atoms with van der Waals surface area (Å²) in [4.78, 5) is 4.24. The van der Waals surface area contributed by atoms with Gasteiger partial charge in [-0.05, 0) is 26.8 Å². The van der Waals surface area contributed by atoms with Crippen molar-refractivity contribution in [2.45, 2.75) is 39.5 Å². The highest BCUT2D eigenvalue weighted by Crippen LogP contribution is 2.26. The normalized spacial score (nSPS) is 11.4. The minimum Gasteiger partial charge on any atom is -0.497 e. The van der Waals surface area contributed by atoms with E-state index >= 15 is 0 Å². The van der Waals surface area contributed by atoms with Crippen molar-refractivity contribution in [3.8, 4) is 11.5 Å². The van der Waals surface area contributed by atoms with Gasteiger partial charge < -0.3 is 14.8 Å². The maximum atomic E-state index is 5.91. The molecule has 2 aromatic rings. The van der Waals surface area contributed by atoms with Gasteiger partial charge >= 0.3 is 0 Å². The van der Waals surface area contributed by atoms with Crippen LogP contribution in [0.15, 0.2) is 29.1 Å². The Kier molecular flexibility index (Phi) is 5.20. The Morgan fingerprint density at radius 3 is 2.71 bits per heavy atom. The summed E-state index contributed by atoms with van der Waals surface area (Å²) in [5, 5.41) is 5.47. The van der Waals surface area contributed by atoms with Gasteiger partial charge in [0, 0.05) is 29.1 Å². The third-order valence-corrected chi connectivity index (χ3v) is 3.58. The van der Waals surface area contributed by atoms with E-state index < -0.39 is 0 Å². The highest BCUT2D eigenvalue weighted by molar-refractivity contribution is 7.07. The largest absolute Gasteiger partial charge is 0.497 e. The lowest BCUT2D eigenvalue weighted by atomic mass is 10.1. The molecule has 1 aromatic heterocycles. The predicted molar refractivity (Wildman–Crippen MR) is 86.0 cm³/mol. The topological polar surface area (TPSA) is 43.4 Å². The standard InChI is InChI=1S/C16H22N2O2S/c1-16(2,3)18-8-12-5-6-14(19-4)7-15(12)20-9-13-10-21-11-17-13/h5-7,10-11,18H,8-9H2,1-4H3. The molecule has 0 spiro atoms. The van der Waals surface area contributed by atoms with Gasteiger partial charge in [0.1, 0.15) is 18.1 Å². The third-order valence-electron chi connectivity index (χ3n) is 2.94. The zero-order valence-corrected chi connectivity index (χ0v) is 13.8. The maximum Gasteiger partial charge on any atom is 0.131 e. The Labute approximate surface area is 130 Å². The van der Waals surface area contributed by atoms with Crippen molar-refractivity contribution in [3.63, 3.8) is 0 Å². The molecule has 0 aliphatic rings. The van der Waals surface area contributed by atoms with E-state index in [1.54, 1.807) is 18.4 Å². The van der Waals surface area contributed by atoms with Crippen molar-refractivity contribution >= 4 is 11.3 Å². The number of hydrogen-bond donors (Lipinski definition) is 1. The van der Waals surface area contributed by atoms with Gasteiger partial charge in [0.2, 0.25) is 0 Å². The number of nitrogens with zero attached hydrogens (tertiary/aromatic N) is 1. The summed E-state index contributed by atoms with van der Waals surface area (Å²) in [5.41, 5.74) is 3.93. The average molecular weight is 306 g/mol. The number of nitrogens with one attached hydrogen (secondary N) is 1. The van der Waals surface area contributed by atoms with Gasteiger partial charge in [-0.1, -0.05) is 6.07 Å². The zero-order chi connectivity index (χ0) is 15.3. The van der Waals surface area contributed by atoms with Gasteiger partial charge in [-0.2, -0.15) is 0 Å². The zero-order valence-electron chi connectivity index (χ0n) is 13.0. The molecule has 0 fully saturated rings. The van der Waals surface area contributed by atoms with Crippen molar-refractivity contribution in [2.75, 3.05) is 7.11 Å². The Balaban J connectivity index is 2.11. The Morgan fingerprint density at radius 1 is 1.29 bits per heavy atom. The minimum atomic E-state index is 0.0616. The Bertz CT molecular complexity index is 562.